The van der Waals surface area contributed by atoms with Gasteiger partial charge in [0, 0.05) is 35.1 Å². The first kappa shape index (κ1) is 18.1. The van der Waals surface area contributed by atoms with Crippen LogP contribution in [0.5, 0.6) is 0 Å². The van der Waals surface area contributed by atoms with Crippen LogP contribution in [0.2, 0.25) is 0 Å². The van der Waals surface area contributed by atoms with Crippen LogP contribution in [0.1, 0.15) is 33.1 Å². The van der Waals surface area contributed by atoms with E-state index < -0.39 is 0 Å². The van der Waals surface area contributed by atoms with Crippen LogP contribution < -0.4 is 0 Å². The monoisotopic (exact) mass is 355 g/mol. The maximum Gasteiger partial charge on any atom is 0.180 e. The van der Waals surface area contributed by atoms with Crippen LogP contribution in [-0.2, 0) is 6.54 Å². The van der Waals surface area contributed by atoms with E-state index in [1.54, 1.807) is 18.2 Å². The van der Waals surface area contributed by atoms with Gasteiger partial charge in [-0.2, -0.15) is 0 Å². The Morgan fingerprint density at radius 3 is 2.62 bits per heavy atom. The highest BCUT2D eigenvalue weighted by atomic mass is 19.1. The molecule has 26 heavy (non-hydrogen) atoms. The van der Waals surface area contributed by atoms with E-state index in [2.05, 4.69) is 5.16 Å². The molecule has 0 aliphatic carbocycles. The van der Waals surface area contributed by atoms with Gasteiger partial charge in [0.15, 0.2) is 11.6 Å². The highest BCUT2D eigenvalue weighted by Crippen LogP contribution is 2.21. The van der Waals surface area contributed by atoms with Crippen molar-refractivity contribution in [3.8, 4) is 5.82 Å². The van der Waals surface area contributed by atoms with Crippen LogP contribution in [-0.4, -0.2) is 34.0 Å². The molecule has 0 fully saturated rings. The van der Waals surface area contributed by atoms with E-state index in [0.29, 0.717) is 29.2 Å². The van der Waals surface area contributed by atoms with Gasteiger partial charge in [-0.25, -0.2) is 4.39 Å². The van der Waals surface area contributed by atoms with Gasteiger partial charge in [0.25, 0.3) is 0 Å². The number of likely N-dealkylation sites (N-methyl/N-ethyl adjacent to an activating group) is 1. The number of ketones is 1. The average molecular weight is 355 g/mol. The molecule has 5 nitrogen and oxygen atoms in total. The number of carbonyl (C=O) groups is 1. The first-order valence-corrected chi connectivity index (χ1v) is 8.44. The molecule has 0 spiro atoms. The quantitative estimate of drug-likeness (QED) is 0.630. The topological polar surface area (TPSA) is 51.3 Å². The second-order valence-electron chi connectivity index (χ2n) is 6.60. The van der Waals surface area contributed by atoms with Crippen LogP contribution in [0.25, 0.3) is 5.82 Å². The summed E-state index contributed by atoms with van der Waals surface area (Å²) in [5.41, 5.74) is 2.95. The molecule has 0 radical (unpaired) electrons. The third kappa shape index (κ3) is 3.60. The number of carbonyl (C=O) groups excluding carboxylic acids is 1. The minimum atomic E-state index is -0.258. The Hall–Kier alpha value is -2.73. The third-order valence-electron chi connectivity index (χ3n) is 4.39. The number of hydrogen-bond donors (Lipinski definition) is 0. The summed E-state index contributed by atoms with van der Waals surface area (Å²) in [5.74, 6) is 1.11. The highest BCUT2D eigenvalue weighted by molar-refractivity contribution is 5.99. The summed E-state index contributed by atoms with van der Waals surface area (Å²) in [6, 6.07) is 10.3. The molecule has 0 saturated heterocycles. The summed E-state index contributed by atoms with van der Waals surface area (Å²) in [5, 5.41) is 4.03. The minimum Gasteiger partial charge on any atom is -0.360 e. The third-order valence-corrected chi connectivity index (χ3v) is 4.39. The Morgan fingerprint density at radius 1 is 1.23 bits per heavy atom. The van der Waals surface area contributed by atoms with Crippen molar-refractivity contribution in [3.63, 3.8) is 0 Å². The molecule has 0 amide bonds. The van der Waals surface area contributed by atoms with Crippen molar-refractivity contribution in [2.24, 2.45) is 0 Å². The van der Waals surface area contributed by atoms with Crippen molar-refractivity contribution in [1.82, 2.24) is 14.6 Å². The van der Waals surface area contributed by atoms with Crippen LogP contribution in [0.15, 0.2) is 40.9 Å². The van der Waals surface area contributed by atoms with Crippen LogP contribution in [0, 0.1) is 26.6 Å². The molecule has 2 heterocycles. The van der Waals surface area contributed by atoms with Crippen molar-refractivity contribution in [2.45, 2.75) is 27.3 Å². The van der Waals surface area contributed by atoms with E-state index in [0.717, 1.165) is 11.4 Å². The van der Waals surface area contributed by atoms with E-state index in [-0.39, 0.29) is 18.1 Å². The normalized spacial score (nSPS) is 11.3. The van der Waals surface area contributed by atoms with E-state index in [9.17, 15) is 9.18 Å². The Balaban J connectivity index is 1.77. The Morgan fingerprint density at radius 2 is 1.96 bits per heavy atom. The number of halogens is 1. The zero-order chi connectivity index (χ0) is 18.8. The SMILES string of the molecule is Cc1cc(-n2c(C)cc(C(=O)CN(C)Cc3ccccc3F)c2C)no1. The van der Waals surface area contributed by atoms with Gasteiger partial charge in [-0.3, -0.25) is 14.3 Å². The fourth-order valence-corrected chi connectivity index (χ4v) is 3.16. The first-order valence-electron chi connectivity index (χ1n) is 8.44. The molecule has 0 aliphatic heterocycles. The fourth-order valence-electron chi connectivity index (χ4n) is 3.16. The number of Topliss-reactive ketones (excluding diaryl/α,β-unsaturated/α-hetero) is 1. The van der Waals surface area contributed by atoms with Gasteiger partial charge < -0.3 is 4.52 Å². The zero-order valence-corrected chi connectivity index (χ0v) is 15.4. The Bertz CT molecular complexity index is 942. The zero-order valence-electron chi connectivity index (χ0n) is 15.4. The lowest BCUT2D eigenvalue weighted by Crippen LogP contribution is -2.26. The molecule has 6 heteroatoms. The van der Waals surface area contributed by atoms with Gasteiger partial charge in [-0.1, -0.05) is 23.4 Å². The second-order valence-corrected chi connectivity index (χ2v) is 6.60. The molecule has 1 aromatic carbocycles. The number of aromatic nitrogens is 2. The van der Waals surface area contributed by atoms with Crippen molar-refractivity contribution in [3.05, 3.63) is 70.5 Å². The summed E-state index contributed by atoms with van der Waals surface area (Å²) in [6.07, 6.45) is 0. The number of rotatable bonds is 6. The van der Waals surface area contributed by atoms with Crippen molar-refractivity contribution in [1.29, 1.82) is 0 Å². The van der Waals surface area contributed by atoms with Crippen LogP contribution in [0.3, 0.4) is 0 Å². The molecular weight excluding hydrogens is 333 g/mol. The smallest absolute Gasteiger partial charge is 0.180 e. The van der Waals surface area contributed by atoms with E-state index in [1.807, 2.05) is 49.4 Å². The number of aryl methyl sites for hydroxylation is 2. The van der Waals surface area contributed by atoms with Gasteiger partial charge in [0.1, 0.15) is 11.6 Å². The largest absolute Gasteiger partial charge is 0.360 e. The highest BCUT2D eigenvalue weighted by Gasteiger charge is 2.19. The Kier molecular flexibility index (Phi) is 5.04. The lowest BCUT2D eigenvalue weighted by Gasteiger charge is -2.16. The van der Waals surface area contributed by atoms with E-state index >= 15 is 0 Å². The lowest BCUT2D eigenvalue weighted by molar-refractivity contribution is 0.0941. The number of nitrogens with zero attached hydrogens (tertiary/aromatic N) is 3. The predicted molar refractivity (Wildman–Crippen MR) is 97.1 cm³/mol. The summed E-state index contributed by atoms with van der Waals surface area (Å²) in [7, 11) is 1.81. The summed E-state index contributed by atoms with van der Waals surface area (Å²) >= 11 is 0. The molecule has 0 atom stereocenters. The standard InChI is InChI=1S/C20H22FN3O2/c1-13-9-17(15(3)24(13)20-10-14(2)26-22-20)19(25)12-23(4)11-16-7-5-6-8-18(16)21/h5-10H,11-12H2,1-4H3. The van der Waals surface area contributed by atoms with E-state index in [1.165, 1.54) is 6.07 Å². The number of hydrogen-bond acceptors (Lipinski definition) is 4. The van der Waals surface area contributed by atoms with Gasteiger partial charge in [-0.05, 0) is 40.0 Å². The Labute approximate surface area is 152 Å². The van der Waals surface area contributed by atoms with Crippen LogP contribution in [0.4, 0.5) is 4.39 Å². The van der Waals surface area contributed by atoms with Crippen molar-refractivity contribution in [2.75, 3.05) is 13.6 Å². The number of benzene rings is 1. The summed E-state index contributed by atoms with van der Waals surface area (Å²) < 4.78 is 20.8. The molecule has 136 valence electrons. The van der Waals surface area contributed by atoms with E-state index in [4.69, 9.17) is 4.52 Å². The maximum absolute atomic E-state index is 13.8. The van der Waals surface area contributed by atoms with Crippen LogP contribution >= 0.6 is 0 Å². The molecule has 3 aromatic rings. The molecule has 0 unspecified atom stereocenters. The molecule has 3 rings (SSSR count). The average Bonchev–Trinajstić information content (AvgIpc) is 3.12. The van der Waals surface area contributed by atoms with Gasteiger partial charge in [0.2, 0.25) is 0 Å². The maximum atomic E-state index is 13.8. The van der Waals surface area contributed by atoms with Crippen molar-refractivity contribution >= 4 is 5.78 Å². The first-order chi connectivity index (χ1) is 12.4. The van der Waals surface area contributed by atoms with Gasteiger partial charge in [0.05, 0.1) is 6.54 Å². The summed E-state index contributed by atoms with van der Waals surface area (Å²) in [4.78, 5) is 14.6. The van der Waals surface area contributed by atoms with Gasteiger partial charge >= 0.3 is 0 Å². The lowest BCUT2D eigenvalue weighted by atomic mass is 10.1. The van der Waals surface area contributed by atoms with Gasteiger partial charge in [-0.15, -0.1) is 0 Å². The predicted octanol–water partition coefficient (Wildman–Crippen LogP) is 3.84. The molecule has 2 aromatic heterocycles. The fraction of sp³-hybridized carbons (Fsp3) is 0.300. The molecule has 0 aliphatic rings. The molecular formula is C20H22FN3O2. The minimum absolute atomic E-state index is 0.0107. The summed E-state index contributed by atoms with van der Waals surface area (Å²) in [6.45, 7) is 6.22. The molecule has 0 bridgehead atoms. The van der Waals surface area contributed by atoms with Crippen molar-refractivity contribution < 1.29 is 13.7 Å². The molecule has 0 saturated carbocycles. The second kappa shape index (κ2) is 7.25. The molecule has 0 N–H and O–H groups in total.